The van der Waals surface area contributed by atoms with Crippen molar-refractivity contribution in [3.05, 3.63) is 36.1 Å². The zero-order valence-corrected chi connectivity index (χ0v) is 13.9. The van der Waals surface area contributed by atoms with Crippen LogP contribution in [0.5, 0.6) is 0 Å². The molecule has 0 aliphatic rings. The van der Waals surface area contributed by atoms with E-state index < -0.39 is 0 Å². The quantitative estimate of drug-likeness (QED) is 0.750. The number of nitrogens with zero attached hydrogens (tertiary/aromatic N) is 4. The van der Waals surface area contributed by atoms with Crippen LogP contribution in [-0.4, -0.2) is 38.3 Å². The predicted molar refractivity (Wildman–Crippen MR) is 89.4 cm³/mol. The number of fused-ring (bicyclic) bond motifs is 1. The maximum atomic E-state index is 12.4. The molecule has 0 unspecified atom stereocenters. The molecule has 3 aromatic rings. The fourth-order valence-corrected chi connectivity index (χ4v) is 2.35. The summed E-state index contributed by atoms with van der Waals surface area (Å²) in [5.74, 6) is 1.52. The topological polar surface area (TPSA) is 99.9 Å². The molecule has 3 rings (SSSR count). The highest BCUT2D eigenvalue weighted by Crippen LogP contribution is 2.20. The number of anilines is 1. The number of aromatic nitrogens is 4. The zero-order chi connectivity index (χ0) is 17.1. The molecule has 0 bridgehead atoms. The molecule has 1 aromatic carbocycles. The second kappa shape index (κ2) is 6.69. The smallest absolute Gasteiger partial charge is 0.322 e. The van der Waals surface area contributed by atoms with E-state index in [0.717, 1.165) is 17.3 Å². The predicted octanol–water partition coefficient (Wildman–Crippen LogP) is 2.81. The van der Waals surface area contributed by atoms with E-state index in [-0.39, 0.29) is 12.6 Å². The van der Waals surface area contributed by atoms with E-state index in [4.69, 9.17) is 4.52 Å². The van der Waals surface area contributed by atoms with Crippen molar-refractivity contribution in [1.82, 2.24) is 25.2 Å². The van der Waals surface area contributed by atoms with Crippen LogP contribution in [0.3, 0.4) is 0 Å². The van der Waals surface area contributed by atoms with Crippen LogP contribution in [0.4, 0.5) is 10.5 Å². The van der Waals surface area contributed by atoms with Gasteiger partial charge >= 0.3 is 6.03 Å². The fourth-order valence-electron chi connectivity index (χ4n) is 2.35. The van der Waals surface area contributed by atoms with Crippen LogP contribution < -0.4 is 5.32 Å². The highest BCUT2D eigenvalue weighted by molar-refractivity contribution is 5.99. The van der Waals surface area contributed by atoms with Gasteiger partial charge < -0.3 is 14.7 Å². The first-order chi connectivity index (χ1) is 11.5. The summed E-state index contributed by atoms with van der Waals surface area (Å²) in [7, 11) is 1.68. The molecule has 0 aliphatic carbocycles. The number of carbonyl (C=O) groups is 1. The van der Waals surface area contributed by atoms with Crippen molar-refractivity contribution in [1.29, 1.82) is 0 Å². The number of H-pyrrole nitrogens is 1. The molecule has 0 fully saturated rings. The number of nitrogens with one attached hydrogen (secondary N) is 2. The van der Waals surface area contributed by atoms with Gasteiger partial charge in [0, 0.05) is 18.9 Å². The lowest BCUT2D eigenvalue weighted by Crippen LogP contribution is -2.31. The van der Waals surface area contributed by atoms with Crippen molar-refractivity contribution in [2.75, 3.05) is 12.4 Å². The third-order valence-electron chi connectivity index (χ3n) is 3.54. The SMILES string of the molecule is CC(C)Cc1nc(CN(C)C(=O)Nc2cccc3cn[nH]c23)no1. The van der Waals surface area contributed by atoms with Crippen LogP contribution in [0.15, 0.2) is 28.9 Å². The van der Waals surface area contributed by atoms with E-state index in [1.54, 1.807) is 13.2 Å². The molecular weight excluding hydrogens is 308 g/mol. The number of aromatic amines is 1. The third kappa shape index (κ3) is 3.53. The number of amides is 2. The van der Waals surface area contributed by atoms with Crippen molar-refractivity contribution in [2.45, 2.75) is 26.8 Å². The molecule has 8 nitrogen and oxygen atoms in total. The van der Waals surface area contributed by atoms with Gasteiger partial charge in [0.1, 0.15) is 0 Å². The average molecular weight is 328 g/mol. The molecule has 0 atom stereocenters. The molecular formula is C16H20N6O2. The van der Waals surface area contributed by atoms with Crippen LogP contribution in [0.25, 0.3) is 10.9 Å². The third-order valence-corrected chi connectivity index (χ3v) is 3.54. The summed E-state index contributed by atoms with van der Waals surface area (Å²) in [5.41, 5.74) is 1.47. The van der Waals surface area contributed by atoms with Crippen molar-refractivity contribution in [3.8, 4) is 0 Å². The number of hydrogen-bond acceptors (Lipinski definition) is 5. The summed E-state index contributed by atoms with van der Waals surface area (Å²) in [6, 6.07) is 5.35. The standard InChI is InChI=1S/C16H20N6O2/c1-10(2)7-14-19-13(21-24-14)9-22(3)16(23)18-12-6-4-5-11-8-17-20-15(11)12/h4-6,8,10H,7,9H2,1-3H3,(H,17,20)(H,18,23). The van der Waals surface area contributed by atoms with E-state index >= 15 is 0 Å². The summed E-state index contributed by atoms with van der Waals surface area (Å²) in [6.45, 7) is 4.44. The maximum absolute atomic E-state index is 12.4. The summed E-state index contributed by atoms with van der Waals surface area (Å²) >= 11 is 0. The lowest BCUT2D eigenvalue weighted by Gasteiger charge is -2.16. The van der Waals surface area contributed by atoms with Gasteiger partial charge in [0.15, 0.2) is 5.82 Å². The Balaban J connectivity index is 1.64. The number of hydrogen-bond donors (Lipinski definition) is 2. The van der Waals surface area contributed by atoms with Gasteiger partial charge in [-0.1, -0.05) is 31.1 Å². The summed E-state index contributed by atoms with van der Waals surface area (Å²) < 4.78 is 5.19. The van der Waals surface area contributed by atoms with E-state index in [9.17, 15) is 4.79 Å². The maximum Gasteiger partial charge on any atom is 0.322 e. The first-order valence-corrected chi connectivity index (χ1v) is 7.78. The van der Waals surface area contributed by atoms with Gasteiger partial charge in [-0.25, -0.2) is 4.79 Å². The number of benzene rings is 1. The highest BCUT2D eigenvalue weighted by Gasteiger charge is 2.15. The Kier molecular flexibility index (Phi) is 4.45. The number of para-hydroxylation sites is 1. The molecule has 2 heterocycles. The van der Waals surface area contributed by atoms with Gasteiger partial charge in [-0.2, -0.15) is 10.1 Å². The fraction of sp³-hybridized carbons (Fsp3) is 0.375. The van der Waals surface area contributed by atoms with Crippen molar-refractivity contribution < 1.29 is 9.32 Å². The summed E-state index contributed by atoms with van der Waals surface area (Å²) in [5, 5.41) is 14.6. The Bertz CT molecular complexity index is 838. The highest BCUT2D eigenvalue weighted by atomic mass is 16.5. The van der Waals surface area contributed by atoms with Crippen molar-refractivity contribution >= 4 is 22.6 Å². The lowest BCUT2D eigenvalue weighted by molar-refractivity contribution is 0.219. The Labute approximate surface area is 139 Å². The van der Waals surface area contributed by atoms with Crippen LogP contribution in [0, 0.1) is 5.92 Å². The van der Waals surface area contributed by atoms with Gasteiger partial charge in [0.25, 0.3) is 0 Å². The minimum Gasteiger partial charge on any atom is -0.339 e. The molecule has 8 heteroatoms. The molecule has 0 spiro atoms. The molecule has 0 saturated heterocycles. The molecule has 126 valence electrons. The van der Waals surface area contributed by atoms with Crippen LogP contribution in [0.2, 0.25) is 0 Å². The summed E-state index contributed by atoms with van der Waals surface area (Å²) in [4.78, 5) is 18.2. The first-order valence-electron chi connectivity index (χ1n) is 7.78. The Hall–Kier alpha value is -2.90. The second-order valence-electron chi connectivity index (χ2n) is 6.13. The normalized spacial score (nSPS) is 11.2. The average Bonchev–Trinajstić information content (AvgIpc) is 3.16. The Morgan fingerprint density at radius 1 is 1.42 bits per heavy atom. The minimum absolute atomic E-state index is 0.257. The van der Waals surface area contributed by atoms with Gasteiger partial charge in [0.05, 0.1) is 23.9 Å². The zero-order valence-electron chi connectivity index (χ0n) is 13.9. The lowest BCUT2D eigenvalue weighted by atomic mass is 10.1. The number of rotatable bonds is 5. The summed E-state index contributed by atoms with van der Waals surface area (Å²) in [6.07, 6.45) is 2.44. The second-order valence-corrected chi connectivity index (χ2v) is 6.13. The van der Waals surface area contributed by atoms with Gasteiger partial charge in [-0.15, -0.1) is 0 Å². The first kappa shape index (κ1) is 16.0. The minimum atomic E-state index is -0.257. The van der Waals surface area contributed by atoms with E-state index in [2.05, 4.69) is 39.5 Å². The van der Waals surface area contributed by atoms with Crippen molar-refractivity contribution in [2.24, 2.45) is 5.92 Å². The molecule has 0 aliphatic heterocycles. The molecule has 2 aromatic heterocycles. The van der Waals surface area contributed by atoms with Gasteiger partial charge in [-0.3, -0.25) is 5.10 Å². The largest absolute Gasteiger partial charge is 0.339 e. The van der Waals surface area contributed by atoms with E-state index in [1.165, 1.54) is 4.90 Å². The van der Waals surface area contributed by atoms with E-state index in [0.29, 0.717) is 23.3 Å². The molecule has 24 heavy (non-hydrogen) atoms. The van der Waals surface area contributed by atoms with Gasteiger partial charge in [-0.05, 0) is 12.0 Å². The molecule has 2 N–H and O–H groups in total. The van der Waals surface area contributed by atoms with Crippen LogP contribution in [-0.2, 0) is 13.0 Å². The molecule has 2 amide bonds. The monoisotopic (exact) mass is 328 g/mol. The van der Waals surface area contributed by atoms with Crippen LogP contribution in [0.1, 0.15) is 25.6 Å². The molecule has 0 saturated carbocycles. The number of urea groups is 1. The molecule has 0 radical (unpaired) electrons. The number of carbonyl (C=O) groups excluding carboxylic acids is 1. The van der Waals surface area contributed by atoms with E-state index in [1.807, 2.05) is 18.2 Å². The van der Waals surface area contributed by atoms with Crippen molar-refractivity contribution in [3.63, 3.8) is 0 Å². The van der Waals surface area contributed by atoms with Gasteiger partial charge in [0.2, 0.25) is 5.89 Å². The Morgan fingerprint density at radius 3 is 3.04 bits per heavy atom. The van der Waals surface area contributed by atoms with Crippen LogP contribution >= 0.6 is 0 Å². The Morgan fingerprint density at radius 2 is 2.25 bits per heavy atom.